The van der Waals surface area contributed by atoms with Crippen molar-refractivity contribution < 1.29 is 4.79 Å². The lowest BCUT2D eigenvalue weighted by atomic mass is 9.79. The molecule has 0 unspecified atom stereocenters. The maximum Gasteiger partial charge on any atom is 0.260 e. The summed E-state index contributed by atoms with van der Waals surface area (Å²) in [6.45, 7) is 4.80. The van der Waals surface area contributed by atoms with E-state index in [0.717, 1.165) is 45.5 Å². The van der Waals surface area contributed by atoms with Gasteiger partial charge < -0.3 is 4.90 Å². The van der Waals surface area contributed by atoms with Crippen LogP contribution in [-0.4, -0.2) is 20.8 Å². The van der Waals surface area contributed by atoms with Gasteiger partial charge in [-0.3, -0.25) is 14.8 Å². The normalized spacial score (nSPS) is 17.2. The van der Waals surface area contributed by atoms with Crippen LogP contribution in [0.25, 0.3) is 16.6 Å². The number of carbonyl (C=O) groups excluding carboxylic acids is 1. The lowest BCUT2D eigenvalue weighted by Crippen LogP contribution is -2.26. The van der Waals surface area contributed by atoms with Crippen molar-refractivity contribution in [1.82, 2.24) is 14.9 Å². The highest BCUT2D eigenvalue weighted by atomic mass is 35.5. The Hall–Kier alpha value is -2.72. The van der Waals surface area contributed by atoms with Gasteiger partial charge in [-0.15, -0.1) is 0 Å². The van der Waals surface area contributed by atoms with Gasteiger partial charge in [-0.05, 0) is 42.2 Å². The van der Waals surface area contributed by atoms with Gasteiger partial charge in [-0.25, -0.2) is 0 Å². The largest absolute Gasteiger partial charge is 0.302 e. The molecule has 2 aromatic heterocycles. The van der Waals surface area contributed by atoms with E-state index in [0.29, 0.717) is 11.6 Å². The lowest BCUT2D eigenvalue weighted by molar-refractivity contribution is 0.0842. The number of halogens is 1. The first-order valence-electron chi connectivity index (χ1n) is 9.00. The van der Waals surface area contributed by atoms with Gasteiger partial charge in [0.2, 0.25) is 0 Å². The predicted octanol–water partition coefficient (Wildman–Crippen LogP) is 4.86. The number of pyridine rings is 2. The lowest BCUT2D eigenvalue weighted by Gasteiger charge is -2.30. The molecule has 0 saturated carbocycles. The van der Waals surface area contributed by atoms with Crippen LogP contribution in [0.3, 0.4) is 0 Å². The van der Waals surface area contributed by atoms with Crippen molar-refractivity contribution in [3.63, 3.8) is 0 Å². The standard InChI is InChI=1S/C22H18ClN3O/c1-22(2)10-17-20-18(11-22)26(12-14-5-3-4-8-24-14)21(27)19(20)15-9-13(23)6-7-16(15)25-17/h3-9,11H,10,12H2,1-2H3. The van der Waals surface area contributed by atoms with Crippen LogP contribution in [0.5, 0.6) is 0 Å². The van der Waals surface area contributed by atoms with Crippen LogP contribution in [0.1, 0.15) is 41.2 Å². The van der Waals surface area contributed by atoms with Gasteiger partial charge in [0.05, 0.1) is 34.7 Å². The molecule has 0 radical (unpaired) electrons. The van der Waals surface area contributed by atoms with Gasteiger partial charge in [0, 0.05) is 22.2 Å². The molecule has 4 nitrogen and oxygen atoms in total. The first-order chi connectivity index (χ1) is 12.9. The van der Waals surface area contributed by atoms with E-state index in [1.807, 2.05) is 41.3 Å². The quantitative estimate of drug-likeness (QED) is 0.642. The Morgan fingerprint density at radius 3 is 2.81 bits per heavy atom. The number of rotatable bonds is 2. The third kappa shape index (κ3) is 2.55. The molecule has 134 valence electrons. The number of aromatic nitrogens is 2. The average Bonchev–Trinajstić information content (AvgIpc) is 2.89. The maximum atomic E-state index is 13.5. The summed E-state index contributed by atoms with van der Waals surface area (Å²) in [5, 5.41) is 1.43. The number of nitrogens with zero attached hydrogens (tertiary/aromatic N) is 3. The molecule has 0 N–H and O–H groups in total. The van der Waals surface area contributed by atoms with Crippen LogP contribution in [0.2, 0.25) is 5.02 Å². The number of benzene rings is 1. The molecule has 3 heterocycles. The second-order valence-corrected chi connectivity index (χ2v) is 8.31. The number of allylic oxidation sites excluding steroid dienone is 1. The van der Waals surface area contributed by atoms with Gasteiger partial charge in [-0.1, -0.05) is 37.6 Å². The first kappa shape index (κ1) is 16.5. The zero-order valence-corrected chi connectivity index (χ0v) is 15.9. The highest BCUT2D eigenvalue weighted by Crippen LogP contribution is 2.46. The van der Waals surface area contributed by atoms with Crippen molar-refractivity contribution in [3.05, 3.63) is 76.2 Å². The Labute approximate surface area is 162 Å². The summed E-state index contributed by atoms with van der Waals surface area (Å²) in [4.78, 5) is 24.6. The van der Waals surface area contributed by atoms with Crippen LogP contribution < -0.4 is 0 Å². The molecule has 0 spiro atoms. The molecule has 1 aliphatic heterocycles. The van der Waals surface area contributed by atoms with E-state index < -0.39 is 0 Å². The summed E-state index contributed by atoms with van der Waals surface area (Å²) < 4.78 is 0. The molecule has 0 saturated heterocycles. The molecule has 5 rings (SSSR count). The third-order valence-corrected chi connectivity index (χ3v) is 5.46. The smallest absolute Gasteiger partial charge is 0.260 e. The molecule has 0 bridgehead atoms. The van der Waals surface area contributed by atoms with E-state index in [4.69, 9.17) is 16.6 Å². The molecule has 0 atom stereocenters. The molecule has 1 aromatic carbocycles. The first-order valence-corrected chi connectivity index (χ1v) is 9.38. The molecule has 2 aliphatic rings. The van der Waals surface area contributed by atoms with E-state index >= 15 is 0 Å². The third-order valence-electron chi connectivity index (χ3n) is 5.22. The topological polar surface area (TPSA) is 46.1 Å². The zero-order chi connectivity index (χ0) is 18.8. The Bertz CT molecular complexity index is 1140. The van der Waals surface area contributed by atoms with Crippen molar-refractivity contribution >= 4 is 34.1 Å². The Morgan fingerprint density at radius 2 is 2.04 bits per heavy atom. The van der Waals surface area contributed by atoms with E-state index in [1.54, 1.807) is 6.20 Å². The predicted molar refractivity (Wildman–Crippen MR) is 106 cm³/mol. The van der Waals surface area contributed by atoms with Gasteiger partial charge in [0.25, 0.3) is 5.91 Å². The summed E-state index contributed by atoms with van der Waals surface area (Å²) in [6.07, 6.45) is 4.76. The fourth-order valence-electron chi connectivity index (χ4n) is 4.10. The molecule has 3 aromatic rings. The molecule has 0 fully saturated rings. The number of carbonyl (C=O) groups is 1. The van der Waals surface area contributed by atoms with E-state index in [-0.39, 0.29) is 11.3 Å². The monoisotopic (exact) mass is 375 g/mol. The van der Waals surface area contributed by atoms with E-state index in [2.05, 4.69) is 24.9 Å². The SMILES string of the molecule is CC1(C)C=C2c3c(nc4ccc(Cl)cc4c3C(=O)N2Cc2ccccn2)C1. The summed E-state index contributed by atoms with van der Waals surface area (Å²) in [5.41, 5.74) is 5.22. The van der Waals surface area contributed by atoms with Gasteiger partial charge in [0.1, 0.15) is 0 Å². The van der Waals surface area contributed by atoms with Crippen LogP contribution in [0.15, 0.2) is 48.7 Å². The molecular formula is C22H18ClN3O. The molecule has 5 heteroatoms. The minimum atomic E-state index is -0.0698. The number of hydrogen-bond acceptors (Lipinski definition) is 3. The maximum absolute atomic E-state index is 13.5. The van der Waals surface area contributed by atoms with Crippen molar-refractivity contribution in [2.24, 2.45) is 5.41 Å². The summed E-state index contributed by atoms with van der Waals surface area (Å²) in [5.74, 6) is -0.00415. The zero-order valence-electron chi connectivity index (χ0n) is 15.2. The highest BCUT2D eigenvalue weighted by Gasteiger charge is 2.41. The second-order valence-electron chi connectivity index (χ2n) is 7.88. The van der Waals surface area contributed by atoms with Crippen molar-refractivity contribution in [3.8, 4) is 0 Å². The van der Waals surface area contributed by atoms with Crippen molar-refractivity contribution in [1.29, 1.82) is 0 Å². The van der Waals surface area contributed by atoms with Gasteiger partial charge >= 0.3 is 0 Å². The summed E-state index contributed by atoms with van der Waals surface area (Å²) in [6, 6.07) is 11.3. The van der Waals surface area contributed by atoms with Crippen LogP contribution in [0.4, 0.5) is 0 Å². The van der Waals surface area contributed by atoms with E-state index in [1.165, 1.54) is 0 Å². The van der Waals surface area contributed by atoms with Gasteiger partial charge in [-0.2, -0.15) is 0 Å². The molecular weight excluding hydrogens is 358 g/mol. The molecule has 1 aliphatic carbocycles. The molecule has 1 amide bonds. The van der Waals surface area contributed by atoms with Crippen LogP contribution in [0, 0.1) is 5.41 Å². The van der Waals surface area contributed by atoms with Crippen molar-refractivity contribution in [2.75, 3.05) is 0 Å². The average molecular weight is 376 g/mol. The van der Waals surface area contributed by atoms with Gasteiger partial charge in [0.15, 0.2) is 0 Å². The Kier molecular flexibility index (Phi) is 3.43. The summed E-state index contributed by atoms with van der Waals surface area (Å²) >= 11 is 6.23. The van der Waals surface area contributed by atoms with E-state index in [9.17, 15) is 4.79 Å². The minimum absolute atomic E-state index is 0.00415. The Balaban J connectivity index is 1.76. The second kappa shape index (κ2) is 5.64. The number of fused-ring (bicyclic) bond motifs is 2. The number of hydrogen-bond donors (Lipinski definition) is 0. The van der Waals surface area contributed by atoms with Crippen LogP contribution >= 0.6 is 11.6 Å². The number of amides is 1. The van der Waals surface area contributed by atoms with Crippen molar-refractivity contribution in [2.45, 2.75) is 26.8 Å². The fraction of sp³-hybridized carbons (Fsp3) is 0.227. The fourth-order valence-corrected chi connectivity index (χ4v) is 4.28. The molecule has 27 heavy (non-hydrogen) atoms. The Morgan fingerprint density at radius 1 is 1.19 bits per heavy atom. The summed E-state index contributed by atoms with van der Waals surface area (Å²) in [7, 11) is 0. The van der Waals surface area contributed by atoms with Crippen LogP contribution in [-0.2, 0) is 13.0 Å². The minimum Gasteiger partial charge on any atom is -0.302 e. The highest BCUT2D eigenvalue weighted by molar-refractivity contribution is 6.31.